The Morgan fingerprint density at radius 1 is 1.00 bits per heavy atom. The second-order valence-electron chi connectivity index (χ2n) is 6.37. The number of hydrogen-bond donors (Lipinski definition) is 2. The number of carbonyl (C=O) groups excluding carboxylic acids is 1. The van der Waals surface area contributed by atoms with Crippen LogP contribution in [0.15, 0.2) is 76.6 Å². The van der Waals surface area contributed by atoms with Crippen LogP contribution in [0.4, 0.5) is 11.5 Å². The SMILES string of the molecule is Cc1cccc(/N=C2/S/C(=C\c3ccc(O)c(O)c3)C(=O)N2c2ccccc2)n1. The van der Waals surface area contributed by atoms with Gasteiger partial charge in [-0.2, -0.15) is 0 Å². The Labute approximate surface area is 171 Å². The van der Waals surface area contributed by atoms with Gasteiger partial charge in [-0.15, -0.1) is 0 Å². The predicted octanol–water partition coefficient (Wildman–Crippen LogP) is 4.61. The number of para-hydroxylation sites is 1. The minimum absolute atomic E-state index is 0.212. The number of anilines is 1. The number of phenols is 2. The Hall–Kier alpha value is -3.58. The van der Waals surface area contributed by atoms with Crippen LogP contribution in [-0.2, 0) is 4.79 Å². The first kappa shape index (κ1) is 18.8. The molecule has 4 rings (SSSR count). The summed E-state index contributed by atoms with van der Waals surface area (Å²) >= 11 is 1.23. The van der Waals surface area contributed by atoms with Crippen LogP contribution >= 0.6 is 11.8 Å². The van der Waals surface area contributed by atoms with Crippen LogP contribution in [0.5, 0.6) is 11.5 Å². The fraction of sp³-hybridized carbons (Fsp3) is 0.0455. The Bertz CT molecular complexity index is 1140. The van der Waals surface area contributed by atoms with E-state index in [0.29, 0.717) is 27.1 Å². The van der Waals surface area contributed by atoms with Crippen molar-refractivity contribution in [3.05, 3.63) is 82.9 Å². The fourth-order valence-corrected chi connectivity index (χ4v) is 3.81. The van der Waals surface area contributed by atoms with Crippen molar-refractivity contribution in [3.8, 4) is 11.5 Å². The molecule has 0 spiro atoms. The predicted molar refractivity (Wildman–Crippen MR) is 115 cm³/mol. The number of aromatic hydroxyl groups is 2. The molecule has 0 atom stereocenters. The molecule has 2 heterocycles. The number of aliphatic imine (C=N–C) groups is 1. The average molecular weight is 403 g/mol. The molecule has 1 amide bonds. The zero-order valence-electron chi connectivity index (χ0n) is 15.5. The lowest BCUT2D eigenvalue weighted by Crippen LogP contribution is -2.28. The van der Waals surface area contributed by atoms with Crippen molar-refractivity contribution in [3.63, 3.8) is 0 Å². The van der Waals surface area contributed by atoms with Gasteiger partial charge < -0.3 is 10.2 Å². The number of amides is 1. The van der Waals surface area contributed by atoms with Crippen LogP contribution in [0, 0.1) is 6.92 Å². The highest BCUT2D eigenvalue weighted by Crippen LogP contribution is 2.37. The third-order valence-electron chi connectivity index (χ3n) is 4.20. The summed E-state index contributed by atoms with van der Waals surface area (Å²) in [7, 11) is 0. The number of pyridine rings is 1. The minimum atomic E-state index is -0.243. The molecule has 1 saturated heterocycles. The number of hydrogen-bond acceptors (Lipinski definition) is 6. The van der Waals surface area contributed by atoms with Crippen molar-refractivity contribution in [2.24, 2.45) is 4.99 Å². The molecule has 1 fully saturated rings. The van der Waals surface area contributed by atoms with Gasteiger partial charge in [-0.3, -0.25) is 9.69 Å². The van der Waals surface area contributed by atoms with Gasteiger partial charge in [-0.05, 0) is 66.7 Å². The van der Waals surface area contributed by atoms with Gasteiger partial charge in [0.1, 0.15) is 0 Å². The topological polar surface area (TPSA) is 86.0 Å². The number of thioether (sulfide) groups is 1. The van der Waals surface area contributed by atoms with E-state index in [1.807, 2.05) is 49.4 Å². The van der Waals surface area contributed by atoms with Gasteiger partial charge in [0.25, 0.3) is 5.91 Å². The normalized spacial score (nSPS) is 16.7. The number of amidine groups is 1. The number of aryl methyl sites for hydroxylation is 1. The molecule has 29 heavy (non-hydrogen) atoms. The highest BCUT2D eigenvalue weighted by molar-refractivity contribution is 8.19. The summed E-state index contributed by atoms with van der Waals surface area (Å²) in [5.41, 5.74) is 2.13. The Morgan fingerprint density at radius 2 is 1.79 bits per heavy atom. The molecular formula is C22H17N3O3S. The maximum absolute atomic E-state index is 13.2. The molecule has 0 saturated carbocycles. The zero-order valence-corrected chi connectivity index (χ0v) is 16.3. The molecule has 144 valence electrons. The smallest absolute Gasteiger partial charge is 0.271 e. The van der Waals surface area contributed by atoms with E-state index in [9.17, 15) is 15.0 Å². The lowest BCUT2D eigenvalue weighted by atomic mass is 10.2. The number of rotatable bonds is 3. The lowest BCUT2D eigenvalue weighted by Gasteiger charge is -2.15. The molecule has 1 aliphatic rings. The van der Waals surface area contributed by atoms with Crippen LogP contribution in [0.3, 0.4) is 0 Å². The van der Waals surface area contributed by atoms with Gasteiger partial charge in [0.15, 0.2) is 22.5 Å². The molecule has 0 bridgehead atoms. The molecule has 1 aromatic heterocycles. The minimum Gasteiger partial charge on any atom is -0.504 e. The van der Waals surface area contributed by atoms with Gasteiger partial charge in [0.05, 0.1) is 10.6 Å². The van der Waals surface area contributed by atoms with Crippen molar-refractivity contribution in [1.29, 1.82) is 0 Å². The molecule has 0 aliphatic carbocycles. The van der Waals surface area contributed by atoms with E-state index in [2.05, 4.69) is 9.98 Å². The average Bonchev–Trinajstić information content (AvgIpc) is 3.00. The summed E-state index contributed by atoms with van der Waals surface area (Å²) in [5, 5.41) is 19.7. The summed E-state index contributed by atoms with van der Waals surface area (Å²) in [6, 6.07) is 19.2. The summed E-state index contributed by atoms with van der Waals surface area (Å²) in [6.07, 6.45) is 1.66. The highest BCUT2D eigenvalue weighted by Gasteiger charge is 2.34. The van der Waals surface area contributed by atoms with E-state index in [0.717, 1.165) is 5.69 Å². The van der Waals surface area contributed by atoms with E-state index >= 15 is 0 Å². The number of phenolic OH excluding ortho intramolecular Hbond substituents is 2. The molecule has 2 aromatic carbocycles. The molecular weight excluding hydrogens is 386 g/mol. The van der Waals surface area contributed by atoms with E-state index in [-0.39, 0.29) is 17.4 Å². The molecule has 7 heteroatoms. The van der Waals surface area contributed by atoms with Gasteiger partial charge in [0, 0.05) is 5.69 Å². The highest BCUT2D eigenvalue weighted by atomic mass is 32.2. The van der Waals surface area contributed by atoms with Gasteiger partial charge >= 0.3 is 0 Å². The first-order chi connectivity index (χ1) is 14.0. The number of benzene rings is 2. The van der Waals surface area contributed by atoms with Crippen LogP contribution < -0.4 is 4.90 Å². The molecule has 1 aliphatic heterocycles. The van der Waals surface area contributed by atoms with Crippen molar-refractivity contribution in [2.45, 2.75) is 6.92 Å². The van der Waals surface area contributed by atoms with Crippen LogP contribution in [0.25, 0.3) is 6.08 Å². The second-order valence-corrected chi connectivity index (χ2v) is 7.38. The Morgan fingerprint density at radius 3 is 2.52 bits per heavy atom. The zero-order chi connectivity index (χ0) is 20.4. The van der Waals surface area contributed by atoms with Crippen molar-refractivity contribution in [1.82, 2.24) is 4.98 Å². The van der Waals surface area contributed by atoms with Crippen LogP contribution in [0.1, 0.15) is 11.3 Å². The number of carbonyl (C=O) groups is 1. The fourth-order valence-electron chi connectivity index (χ4n) is 2.82. The first-order valence-electron chi connectivity index (χ1n) is 8.84. The monoisotopic (exact) mass is 403 g/mol. The van der Waals surface area contributed by atoms with E-state index in [1.165, 1.54) is 23.9 Å². The molecule has 6 nitrogen and oxygen atoms in total. The molecule has 3 aromatic rings. The quantitative estimate of drug-likeness (QED) is 0.493. The van der Waals surface area contributed by atoms with Crippen LogP contribution in [0.2, 0.25) is 0 Å². The summed E-state index contributed by atoms with van der Waals surface area (Å²) in [6.45, 7) is 1.88. The second kappa shape index (κ2) is 7.81. The summed E-state index contributed by atoms with van der Waals surface area (Å²) < 4.78 is 0. The maximum Gasteiger partial charge on any atom is 0.271 e. The lowest BCUT2D eigenvalue weighted by molar-refractivity contribution is -0.113. The van der Waals surface area contributed by atoms with Gasteiger partial charge in [-0.1, -0.05) is 30.3 Å². The largest absolute Gasteiger partial charge is 0.504 e. The van der Waals surface area contributed by atoms with Crippen LogP contribution in [-0.4, -0.2) is 26.3 Å². The van der Waals surface area contributed by atoms with E-state index in [4.69, 9.17) is 0 Å². The Balaban J connectivity index is 1.77. The van der Waals surface area contributed by atoms with Gasteiger partial charge in [-0.25, -0.2) is 9.98 Å². The first-order valence-corrected chi connectivity index (χ1v) is 9.66. The molecule has 2 N–H and O–H groups in total. The molecule has 0 unspecified atom stereocenters. The van der Waals surface area contributed by atoms with Gasteiger partial charge in [0.2, 0.25) is 0 Å². The number of aromatic nitrogens is 1. The Kier molecular flexibility index (Phi) is 5.05. The summed E-state index contributed by atoms with van der Waals surface area (Å²) in [4.78, 5) is 24.1. The standard InChI is InChI=1S/C22H17N3O3S/c1-14-6-5-9-20(23-14)24-22-25(16-7-3-2-4-8-16)21(28)19(29-22)13-15-10-11-17(26)18(27)12-15/h2-13,26-27H,1H3/b19-13-,24-22+. The van der Waals surface area contributed by atoms with Crippen molar-refractivity contribution >= 4 is 40.4 Å². The van der Waals surface area contributed by atoms with Crippen molar-refractivity contribution in [2.75, 3.05) is 4.90 Å². The third-order valence-corrected chi connectivity index (χ3v) is 5.17. The molecule has 0 radical (unpaired) electrons. The third kappa shape index (κ3) is 4.00. The number of nitrogens with zero attached hydrogens (tertiary/aromatic N) is 3. The summed E-state index contributed by atoms with van der Waals surface area (Å²) in [5.74, 6) is -0.159. The van der Waals surface area contributed by atoms with E-state index < -0.39 is 0 Å². The van der Waals surface area contributed by atoms with E-state index in [1.54, 1.807) is 23.1 Å². The maximum atomic E-state index is 13.2. The van der Waals surface area contributed by atoms with Crippen molar-refractivity contribution < 1.29 is 15.0 Å².